The summed E-state index contributed by atoms with van der Waals surface area (Å²) in [6.07, 6.45) is 13.7. The number of nitrogens with zero attached hydrogens (tertiary/aromatic N) is 2. The molecule has 3 saturated carbocycles. The maximum atomic E-state index is 4.66. The minimum absolute atomic E-state index is 0.388. The predicted molar refractivity (Wildman–Crippen MR) is 86.4 cm³/mol. The van der Waals surface area contributed by atoms with E-state index in [4.69, 9.17) is 0 Å². The predicted octanol–water partition coefficient (Wildman–Crippen LogP) is 4.62. The van der Waals surface area contributed by atoms with E-state index in [1.54, 1.807) is 0 Å². The van der Waals surface area contributed by atoms with E-state index in [1.807, 2.05) is 6.20 Å². The Labute approximate surface area is 128 Å². The van der Waals surface area contributed by atoms with Crippen molar-refractivity contribution in [1.29, 1.82) is 0 Å². The van der Waals surface area contributed by atoms with E-state index < -0.39 is 0 Å². The molecule has 3 unspecified atom stereocenters. The summed E-state index contributed by atoms with van der Waals surface area (Å²) in [5.74, 6) is 2.00. The van der Waals surface area contributed by atoms with E-state index in [1.165, 1.54) is 44.9 Å². The topological polar surface area (TPSA) is 29.9 Å². The monoisotopic (exact) mass is 287 g/mol. The maximum absolute atomic E-state index is 4.66. The van der Waals surface area contributed by atoms with Crippen LogP contribution in [-0.4, -0.2) is 15.6 Å². The van der Waals surface area contributed by atoms with E-state index in [2.05, 4.69) is 41.8 Å². The van der Waals surface area contributed by atoms with Crippen LogP contribution in [0.15, 0.2) is 12.4 Å². The van der Waals surface area contributed by atoms with Crippen molar-refractivity contribution in [2.75, 3.05) is 5.32 Å². The number of hydrogen-bond acceptors (Lipinski definition) is 2. The number of hydrogen-bond donors (Lipinski definition) is 1. The molecule has 1 aromatic rings. The molecule has 3 aliphatic carbocycles. The van der Waals surface area contributed by atoms with E-state index in [0.717, 1.165) is 11.9 Å². The minimum atomic E-state index is 0.388. The Bertz CT molecular complexity index is 522. The molecule has 116 valence electrons. The van der Waals surface area contributed by atoms with Gasteiger partial charge in [0.2, 0.25) is 5.95 Å². The highest BCUT2D eigenvalue weighted by molar-refractivity contribution is 5.33. The van der Waals surface area contributed by atoms with Crippen molar-refractivity contribution in [3.8, 4) is 0 Å². The Morgan fingerprint density at radius 2 is 1.95 bits per heavy atom. The van der Waals surface area contributed by atoms with Gasteiger partial charge in [0.05, 0.1) is 0 Å². The van der Waals surface area contributed by atoms with Crippen molar-refractivity contribution in [3.05, 3.63) is 12.4 Å². The largest absolute Gasteiger partial charge is 0.352 e. The lowest BCUT2D eigenvalue weighted by molar-refractivity contribution is 0.154. The van der Waals surface area contributed by atoms with Crippen LogP contribution in [0.2, 0.25) is 0 Å². The van der Waals surface area contributed by atoms with Gasteiger partial charge in [-0.1, -0.05) is 33.6 Å². The van der Waals surface area contributed by atoms with Gasteiger partial charge in [-0.2, -0.15) is 0 Å². The number of fused-ring (bicyclic) bond motifs is 2. The Morgan fingerprint density at radius 1 is 1.19 bits per heavy atom. The molecule has 1 aromatic heterocycles. The van der Waals surface area contributed by atoms with Gasteiger partial charge in [-0.05, 0) is 48.9 Å². The summed E-state index contributed by atoms with van der Waals surface area (Å²) >= 11 is 0. The quantitative estimate of drug-likeness (QED) is 0.878. The van der Waals surface area contributed by atoms with Crippen LogP contribution in [0.4, 0.5) is 5.95 Å². The summed E-state index contributed by atoms with van der Waals surface area (Å²) < 4.78 is 2.42. The SMILES string of the molecule is CC12CCC(C1)C(C)(C)C2Nc1nccn1C1CCCC1. The number of rotatable bonds is 3. The normalized spacial score (nSPS) is 38.2. The van der Waals surface area contributed by atoms with Crippen molar-refractivity contribution in [3.63, 3.8) is 0 Å². The van der Waals surface area contributed by atoms with Gasteiger partial charge in [0.25, 0.3) is 0 Å². The van der Waals surface area contributed by atoms with Gasteiger partial charge < -0.3 is 9.88 Å². The Kier molecular flexibility index (Phi) is 2.93. The number of nitrogens with one attached hydrogen (secondary N) is 1. The lowest BCUT2D eigenvalue weighted by Crippen LogP contribution is -2.46. The van der Waals surface area contributed by atoms with Crippen LogP contribution in [0.1, 0.15) is 71.8 Å². The second kappa shape index (κ2) is 4.50. The first-order valence-corrected chi connectivity index (χ1v) is 8.80. The zero-order chi connectivity index (χ0) is 14.7. The molecule has 3 aliphatic rings. The molecule has 1 N–H and O–H groups in total. The van der Waals surface area contributed by atoms with Gasteiger partial charge in [0, 0.05) is 24.5 Å². The molecule has 3 nitrogen and oxygen atoms in total. The molecule has 3 heteroatoms. The molecular formula is C18H29N3. The zero-order valence-electron chi connectivity index (χ0n) is 13.7. The summed E-state index contributed by atoms with van der Waals surface area (Å²) in [6, 6.07) is 1.23. The molecule has 4 rings (SSSR count). The van der Waals surface area contributed by atoms with Crippen molar-refractivity contribution >= 4 is 5.95 Å². The summed E-state index contributed by atoms with van der Waals surface area (Å²) in [4.78, 5) is 4.66. The molecule has 0 aromatic carbocycles. The van der Waals surface area contributed by atoms with Crippen molar-refractivity contribution in [2.24, 2.45) is 16.7 Å². The fraction of sp³-hybridized carbons (Fsp3) is 0.833. The fourth-order valence-corrected chi connectivity index (χ4v) is 5.69. The molecule has 21 heavy (non-hydrogen) atoms. The van der Waals surface area contributed by atoms with Crippen molar-refractivity contribution in [1.82, 2.24) is 9.55 Å². The fourth-order valence-electron chi connectivity index (χ4n) is 5.69. The van der Waals surface area contributed by atoms with Crippen LogP contribution in [0, 0.1) is 16.7 Å². The lowest BCUT2D eigenvalue weighted by Gasteiger charge is -2.43. The van der Waals surface area contributed by atoms with Crippen LogP contribution in [0.3, 0.4) is 0 Å². The van der Waals surface area contributed by atoms with Gasteiger partial charge in [-0.25, -0.2) is 4.98 Å². The standard InChI is InChI=1S/C18H29N3/c1-17(2)13-8-9-18(3,12-13)15(17)20-16-19-10-11-21(16)14-6-4-5-7-14/h10-11,13-15H,4-9,12H2,1-3H3,(H,19,20). The Balaban J connectivity index is 1.60. The average molecular weight is 287 g/mol. The molecule has 0 spiro atoms. The van der Waals surface area contributed by atoms with Crippen molar-refractivity contribution in [2.45, 2.75) is 77.8 Å². The van der Waals surface area contributed by atoms with E-state index in [0.29, 0.717) is 22.9 Å². The second-order valence-corrected chi connectivity index (χ2v) is 8.59. The second-order valence-electron chi connectivity index (χ2n) is 8.59. The van der Waals surface area contributed by atoms with Crippen LogP contribution >= 0.6 is 0 Å². The van der Waals surface area contributed by atoms with Gasteiger partial charge >= 0.3 is 0 Å². The Morgan fingerprint density at radius 3 is 2.62 bits per heavy atom. The van der Waals surface area contributed by atoms with Crippen molar-refractivity contribution < 1.29 is 0 Å². The molecule has 3 fully saturated rings. The Hall–Kier alpha value is -0.990. The van der Waals surface area contributed by atoms with Crippen LogP contribution in [0.5, 0.6) is 0 Å². The smallest absolute Gasteiger partial charge is 0.203 e. The van der Waals surface area contributed by atoms with Crippen LogP contribution in [0.25, 0.3) is 0 Å². The van der Waals surface area contributed by atoms with E-state index >= 15 is 0 Å². The molecule has 0 amide bonds. The first kappa shape index (κ1) is 13.7. The molecule has 1 heterocycles. The maximum Gasteiger partial charge on any atom is 0.203 e. The third kappa shape index (κ3) is 1.96. The summed E-state index contributed by atoms with van der Waals surface area (Å²) in [5, 5.41) is 3.88. The zero-order valence-corrected chi connectivity index (χ0v) is 13.7. The minimum Gasteiger partial charge on any atom is -0.352 e. The molecule has 2 bridgehead atoms. The number of aromatic nitrogens is 2. The van der Waals surface area contributed by atoms with Gasteiger partial charge in [0.15, 0.2) is 0 Å². The molecule has 0 saturated heterocycles. The lowest BCUT2D eigenvalue weighted by atomic mass is 9.68. The highest BCUT2D eigenvalue weighted by Crippen LogP contribution is 2.63. The average Bonchev–Trinajstić information content (AvgIpc) is 3.16. The molecule has 0 radical (unpaired) electrons. The van der Waals surface area contributed by atoms with Crippen LogP contribution < -0.4 is 5.32 Å². The summed E-state index contributed by atoms with van der Waals surface area (Å²) in [6.45, 7) is 7.41. The molecule has 3 atom stereocenters. The van der Waals surface area contributed by atoms with Crippen LogP contribution in [-0.2, 0) is 0 Å². The number of imidazole rings is 1. The van der Waals surface area contributed by atoms with Gasteiger partial charge in [-0.15, -0.1) is 0 Å². The first-order valence-electron chi connectivity index (χ1n) is 8.80. The number of anilines is 1. The first-order chi connectivity index (χ1) is 10.0. The van der Waals surface area contributed by atoms with E-state index in [9.17, 15) is 0 Å². The van der Waals surface area contributed by atoms with E-state index in [-0.39, 0.29) is 0 Å². The van der Waals surface area contributed by atoms with Gasteiger partial charge in [0.1, 0.15) is 0 Å². The highest BCUT2D eigenvalue weighted by Gasteiger charge is 2.59. The highest BCUT2D eigenvalue weighted by atomic mass is 15.2. The molecular weight excluding hydrogens is 258 g/mol. The molecule has 0 aliphatic heterocycles. The summed E-state index contributed by atoms with van der Waals surface area (Å²) in [5.41, 5.74) is 0.847. The third-order valence-electron chi connectivity index (χ3n) is 6.93. The third-order valence-corrected chi connectivity index (χ3v) is 6.93. The van der Waals surface area contributed by atoms with Gasteiger partial charge in [-0.3, -0.25) is 0 Å². The summed E-state index contributed by atoms with van der Waals surface area (Å²) in [7, 11) is 0.